The van der Waals surface area contributed by atoms with Crippen molar-refractivity contribution in [2.24, 2.45) is 5.92 Å². The van der Waals surface area contributed by atoms with Crippen LogP contribution in [0.1, 0.15) is 40.5 Å². The lowest BCUT2D eigenvalue weighted by atomic mass is 9.82. The zero-order chi connectivity index (χ0) is 12.2. The van der Waals surface area contributed by atoms with Crippen molar-refractivity contribution in [2.45, 2.75) is 46.6 Å². The predicted molar refractivity (Wildman–Crippen MR) is 84.6 cm³/mol. The van der Waals surface area contributed by atoms with Gasteiger partial charge in [-0.05, 0) is 50.3 Å². The zero-order valence-corrected chi connectivity index (χ0v) is 10.7. The van der Waals surface area contributed by atoms with Gasteiger partial charge in [0.05, 0.1) is 0 Å². The molecule has 20 heavy (non-hydrogen) atoms. The fraction of sp³-hybridized carbons (Fsp3) is 0.647. The second-order valence-corrected chi connectivity index (χ2v) is 5.27. The first kappa shape index (κ1) is 16.8. The fourth-order valence-electron chi connectivity index (χ4n) is 2.90. The van der Waals surface area contributed by atoms with Crippen molar-refractivity contribution in [2.75, 3.05) is 19.8 Å². The van der Waals surface area contributed by atoms with E-state index in [1.807, 2.05) is 24.3 Å². The highest BCUT2D eigenvalue weighted by Gasteiger charge is 2.26. The molecule has 0 unspecified atom stereocenters. The number of para-hydroxylation sites is 2. The molecule has 114 valence electrons. The average Bonchev–Trinajstić information content (AvgIpc) is 2.50. The third kappa shape index (κ3) is 4.14. The highest BCUT2D eigenvalue weighted by molar-refractivity contribution is 5.40. The van der Waals surface area contributed by atoms with Gasteiger partial charge in [0.1, 0.15) is 13.2 Å². The molecule has 2 saturated heterocycles. The molecule has 2 bridgehead atoms. The molecule has 1 aromatic carbocycles. The average molecular weight is 279 g/mol. The molecule has 0 amide bonds. The van der Waals surface area contributed by atoms with Gasteiger partial charge in [-0.25, -0.2) is 0 Å². The minimum Gasteiger partial charge on any atom is -0.486 e. The van der Waals surface area contributed by atoms with Crippen LogP contribution in [0.5, 0.6) is 11.5 Å². The topological polar surface area (TPSA) is 30.5 Å². The Morgan fingerprint density at radius 1 is 0.850 bits per heavy atom. The van der Waals surface area contributed by atoms with Crippen molar-refractivity contribution >= 4 is 0 Å². The van der Waals surface area contributed by atoms with E-state index in [0.717, 1.165) is 23.5 Å². The normalized spacial score (nSPS) is 25.4. The number of ether oxygens (including phenoxy) is 2. The minimum absolute atomic E-state index is 0. The Balaban J connectivity index is 0.000000185. The van der Waals surface area contributed by atoms with E-state index in [9.17, 15) is 0 Å². The minimum atomic E-state index is 0. The third-order valence-corrected chi connectivity index (χ3v) is 3.99. The lowest BCUT2D eigenvalue weighted by Gasteiger charge is -2.36. The summed E-state index contributed by atoms with van der Waals surface area (Å²) in [6, 6.07) is 8.60. The van der Waals surface area contributed by atoms with Gasteiger partial charge in [-0.1, -0.05) is 27.0 Å². The molecule has 5 rings (SSSR count). The van der Waals surface area contributed by atoms with E-state index in [1.165, 1.54) is 32.2 Å². The Bertz CT molecular complexity index is 338. The van der Waals surface area contributed by atoms with Gasteiger partial charge >= 0.3 is 0 Å². The fourth-order valence-corrected chi connectivity index (χ4v) is 2.90. The van der Waals surface area contributed by atoms with E-state index in [0.29, 0.717) is 13.2 Å². The van der Waals surface area contributed by atoms with Gasteiger partial charge in [0.25, 0.3) is 0 Å². The third-order valence-electron chi connectivity index (χ3n) is 3.99. The van der Waals surface area contributed by atoms with Crippen LogP contribution >= 0.6 is 0 Å². The van der Waals surface area contributed by atoms with Crippen molar-refractivity contribution in [1.82, 2.24) is 5.32 Å². The number of nitrogens with one attached hydrogen (secondary N) is 1. The second kappa shape index (κ2) is 8.15. The smallest absolute Gasteiger partial charge is 0.161 e. The maximum atomic E-state index is 5.30. The van der Waals surface area contributed by atoms with Crippen molar-refractivity contribution < 1.29 is 9.47 Å². The number of hydrogen-bond donors (Lipinski definition) is 1. The Labute approximate surface area is 123 Å². The molecule has 1 aliphatic carbocycles. The summed E-state index contributed by atoms with van der Waals surface area (Å²) in [5.74, 6) is 2.75. The molecule has 0 radical (unpaired) electrons. The van der Waals surface area contributed by atoms with Crippen LogP contribution in [0, 0.1) is 5.92 Å². The Kier molecular flexibility index (Phi) is 6.86. The van der Waals surface area contributed by atoms with Crippen LogP contribution in [0.2, 0.25) is 0 Å². The van der Waals surface area contributed by atoms with E-state index in [1.54, 1.807) is 0 Å². The molecule has 1 saturated carbocycles. The summed E-state index contributed by atoms with van der Waals surface area (Å²) < 4.78 is 10.6. The maximum absolute atomic E-state index is 5.30. The monoisotopic (exact) mass is 279 g/mol. The molecule has 4 aliphatic rings. The summed E-state index contributed by atoms with van der Waals surface area (Å²) in [7, 11) is 0. The lowest BCUT2D eigenvalue weighted by Crippen LogP contribution is -2.44. The molecular weight excluding hydrogens is 250 g/mol. The molecule has 3 fully saturated rings. The second-order valence-electron chi connectivity index (χ2n) is 5.27. The maximum Gasteiger partial charge on any atom is 0.161 e. The summed E-state index contributed by atoms with van der Waals surface area (Å²) in [4.78, 5) is 0. The van der Waals surface area contributed by atoms with Crippen molar-refractivity contribution in [3.8, 4) is 11.5 Å². The van der Waals surface area contributed by atoms with Crippen molar-refractivity contribution in [1.29, 1.82) is 0 Å². The predicted octanol–water partition coefficient (Wildman–Crippen LogP) is 3.88. The van der Waals surface area contributed by atoms with E-state index >= 15 is 0 Å². The highest BCUT2D eigenvalue weighted by Crippen LogP contribution is 2.28. The van der Waals surface area contributed by atoms with Crippen LogP contribution in [0.25, 0.3) is 0 Å². The van der Waals surface area contributed by atoms with Gasteiger partial charge in [-0.15, -0.1) is 0 Å². The summed E-state index contributed by atoms with van der Waals surface area (Å²) >= 11 is 0. The summed E-state index contributed by atoms with van der Waals surface area (Å²) in [6.07, 6.45) is 5.89. The Morgan fingerprint density at radius 2 is 1.40 bits per heavy atom. The van der Waals surface area contributed by atoms with Gasteiger partial charge in [-0.2, -0.15) is 0 Å². The largest absolute Gasteiger partial charge is 0.486 e. The van der Waals surface area contributed by atoms with E-state index in [4.69, 9.17) is 9.47 Å². The summed E-state index contributed by atoms with van der Waals surface area (Å²) in [6.45, 7) is 2.64. The van der Waals surface area contributed by atoms with Crippen LogP contribution < -0.4 is 14.8 Å². The first-order valence-electron chi connectivity index (χ1n) is 7.00. The molecule has 0 atom stereocenters. The van der Waals surface area contributed by atoms with Gasteiger partial charge in [0.15, 0.2) is 11.5 Å². The first-order valence-corrected chi connectivity index (χ1v) is 7.00. The van der Waals surface area contributed by atoms with E-state index in [-0.39, 0.29) is 14.9 Å². The molecular formula is C17H29NO2. The first-order chi connectivity index (χ1) is 8.92. The van der Waals surface area contributed by atoms with Gasteiger partial charge < -0.3 is 14.8 Å². The van der Waals surface area contributed by atoms with Crippen LogP contribution in [0.3, 0.4) is 0 Å². The van der Waals surface area contributed by atoms with E-state index in [2.05, 4.69) is 5.32 Å². The molecule has 0 spiro atoms. The van der Waals surface area contributed by atoms with Crippen molar-refractivity contribution in [3.63, 3.8) is 0 Å². The molecule has 3 heteroatoms. The molecule has 1 N–H and O–H groups in total. The summed E-state index contributed by atoms with van der Waals surface area (Å²) in [5.41, 5.74) is 0. The zero-order valence-electron chi connectivity index (χ0n) is 10.7. The van der Waals surface area contributed by atoms with Crippen LogP contribution in [-0.4, -0.2) is 25.8 Å². The SMILES string of the molecule is C.C.C1CC2CCC1CN2.c1ccc2c(c1)OCCO2. The number of benzene rings is 1. The Hall–Kier alpha value is -1.22. The number of piperidine rings is 2. The quantitative estimate of drug-likeness (QED) is 0.782. The Morgan fingerprint density at radius 3 is 1.70 bits per heavy atom. The standard InChI is InChI=1S/C8H8O2.C7H13N.2CH4/c1-2-4-8-7(3-1)9-5-6-10-8;1-3-7-4-2-6(1)5-8-7;;/h1-4H,5-6H2;6-8H,1-5H2;2*1H4. The molecule has 1 aromatic rings. The van der Waals surface area contributed by atoms with Crippen LogP contribution in [-0.2, 0) is 0 Å². The van der Waals surface area contributed by atoms with Gasteiger partial charge in [-0.3, -0.25) is 0 Å². The van der Waals surface area contributed by atoms with Gasteiger partial charge in [0.2, 0.25) is 0 Å². The van der Waals surface area contributed by atoms with Crippen LogP contribution in [0.15, 0.2) is 24.3 Å². The number of hydrogen-bond acceptors (Lipinski definition) is 3. The number of rotatable bonds is 0. The summed E-state index contributed by atoms with van der Waals surface area (Å²) in [5, 5.41) is 3.52. The van der Waals surface area contributed by atoms with E-state index < -0.39 is 0 Å². The number of fused-ring (bicyclic) bond motifs is 4. The lowest BCUT2D eigenvalue weighted by molar-refractivity contribution is 0.171. The molecule has 3 nitrogen and oxygen atoms in total. The highest BCUT2D eigenvalue weighted by atomic mass is 16.6. The van der Waals surface area contributed by atoms with Gasteiger partial charge in [0, 0.05) is 6.04 Å². The van der Waals surface area contributed by atoms with Crippen LogP contribution in [0.4, 0.5) is 0 Å². The molecule has 3 aliphatic heterocycles. The molecule has 3 heterocycles. The molecule has 0 aromatic heterocycles. The van der Waals surface area contributed by atoms with Crippen molar-refractivity contribution in [3.05, 3.63) is 24.3 Å².